The highest BCUT2D eigenvalue weighted by Gasteiger charge is 2.49. The Kier molecular flexibility index (Phi) is 6.53. The second kappa shape index (κ2) is 8.43. The average molecular weight is 351 g/mol. The Morgan fingerprint density at radius 1 is 0.960 bits per heavy atom. The molecule has 5 nitrogen and oxygen atoms in total. The molecule has 1 heterocycles. The summed E-state index contributed by atoms with van der Waals surface area (Å²) in [4.78, 5) is 25.2. The van der Waals surface area contributed by atoms with E-state index in [9.17, 15) is 14.0 Å². The van der Waals surface area contributed by atoms with Crippen LogP contribution in [0.5, 0.6) is 0 Å². The van der Waals surface area contributed by atoms with Crippen molar-refractivity contribution in [2.45, 2.75) is 45.7 Å². The van der Waals surface area contributed by atoms with E-state index in [1.807, 2.05) is 13.8 Å². The highest BCUT2D eigenvalue weighted by atomic mass is 19.1. The Morgan fingerprint density at radius 2 is 1.40 bits per heavy atom. The smallest absolute Gasteiger partial charge is 0.311 e. The second-order valence-electron chi connectivity index (χ2n) is 6.38. The quantitative estimate of drug-likeness (QED) is 0.826. The number of hydrogen-bond acceptors (Lipinski definition) is 5. The first kappa shape index (κ1) is 19.4. The van der Waals surface area contributed by atoms with Crippen LogP contribution in [-0.4, -0.2) is 37.2 Å². The molecule has 6 heteroatoms. The maximum absolute atomic E-state index is 13.4. The van der Waals surface area contributed by atoms with Gasteiger partial charge in [0.1, 0.15) is 5.82 Å². The van der Waals surface area contributed by atoms with Gasteiger partial charge in [-0.05, 0) is 45.4 Å². The maximum atomic E-state index is 13.4. The van der Waals surface area contributed by atoms with E-state index in [-0.39, 0.29) is 43.1 Å². The molecule has 1 aromatic rings. The predicted octanol–water partition coefficient (Wildman–Crippen LogP) is 2.65. The fourth-order valence-electron chi connectivity index (χ4n) is 3.75. The predicted molar refractivity (Wildman–Crippen MR) is 91.4 cm³/mol. The first-order valence-corrected chi connectivity index (χ1v) is 8.75. The number of esters is 2. The molecule has 5 atom stereocenters. The molecule has 25 heavy (non-hydrogen) atoms. The summed E-state index contributed by atoms with van der Waals surface area (Å²) in [5.41, 5.74) is 0.734. The summed E-state index contributed by atoms with van der Waals surface area (Å²) in [6, 6.07) is 5.57. The van der Waals surface area contributed by atoms with Crippen LogP contribution in [0.4, 0.5) is 4.39 Å². The summed E-state index contributed by atoms with van der Waals surface area (Å²) in [6.07, 6.45) is 0. The first-order chi connectivity index (χ1) is 11.9. The molecule has 1 aliphatic rings. The summed E-state index contributed by atoms with van der Waals surface area (Å²) in [7, 11) is 0. The lowest BCUT2D eigenvalue weighted by atomic mass is 9.68. The van der Waals surface area contributed by atoms with E-state index in [4.69, 9.17) is 9.47 Å². The number of benzene rings is 1. The van der Waals surface area contributed by atoms with Gasteiger partial charge in [-0.3, -0.25) is 9.59 Å². The van der Waals surface area contributed by atoms with Gasteiger partial charge in [0.2, 0.25) is 0 Å². The van der Waals surface area contributed by atoms with Gasteiger partial charge in [0.25, 0.3) is 0 Å². The molecule has 0 aliphatic carbocycles. The molecular weight excluding hydrogens is 325 g/mol. The third-order valence-corrected chi connectivity index (χ3v) is 4.75. The van der Waals surface area contributed by atoms with E-state index >= 15 is 0 Å². The zero-order valence-corrected chi connectivity index (χ0v) is 15.1. The van der Waals surface area contributed by atoms with Gasteiger partial charge in [0.05, 0.1) is 25.0 Å². The fourth-order valence-corrected chi connectivity index (χ4v) is 3.75. The van der Waals surface area contributed by atoms with Gasteiger partial charge >= 0.3 is 11.9 Å². The number of rotatable bonds is 5. The molecule has 1 aliphatic heterocycles. The number of ether oxygens (including phenoxy) is 2. The summed E-state index contributed by atoms with van der Waals surface area (Å²) < 4.78 is 23.9. The lowest BCUT2D eigenvalue weighted by Crippen LogP contribution is -2.58. The molecule has 1 unspecified atom stereocenters. The first-order valence-electron chi connectivity index (χ1n) is 8.75. The second-order valence-corrected chi connectivity index (χ2v) is 6.38. The molecule has 1 saturated heterocycles. The van der Waals surface area contributed by atoms with Crippen LogP contribution < -0.4 is 5.32 Å². The Balaban J connectivity index is 2.49. The molecule has 0 bridgehead atoms. The van der Waals surface area contributed by atoms with Crippen molar-refractivity contribution in [1.29, 1.82) is 0 Å². The third kappa shape index (κ3) is 4.18. The molecule has 0 radical (unpaired) electrons. The number of carbonyl (C=O) groups excluding carboxylic acids is 2. The summed E-state index contributed by atoms with van der Waals surface area (Å²) in [6.45, 7) is 7.82. The van der Waals surface area contributed by atoms with Crippen molar-refractivity contribution in [2.24, 2.45) is 11.8 Å². The molecule has 138 valence electrons. The van der Waals surface area contributed by atoms with Crippen molar-refractivity contribution in [3.8, 4) is 0 Å². The van der Waals surface area contributed by atoms with Crippen molar-refractivity contribution in [3.05, 3.63) is 35.6 Å². The van der Waals surface area contributed by atoms with Gasteiger partial charge in [-0.1, -0.05) is 12.1 Å². The Morgan fingerprint density at radius 3 is 1.80 bits per heavy atom. The van der Waals surface area contributed by atoms with Crippen LogP contribution in [0.15, 0.2) is 24.3 Å². The fraction of sp³-hybridized carbons (Fsp3) is 0.579. The number of hydrogen-bond donors (Lipinski definition) is 1. The van der Waals surface area contributed by atoms with Gasteiger partial charge in [-0.15, -0.1) is 0 Å². The van der Waals surface area contributed by atoms with Crippen molar-refractivity contribution in [2.75, 3.05) is 13.2 Å². The van der Waals surface area contributed by atoms with E-state index in [2.05, 4.69) is 5.32 Å². The minimum atomic E-state index is -0.559. The van der Waals surface area contributed by atoms with Crippen LogP contribution in [-0.2, 0) is 19.1 Å². The lowest BCUT2D eigenvalue weighted by molar-refractivity contribution is -0.158. The van der Waals surface area contributed by atoms with Crippen LogP contribution in [0.2, 0.25) is 0 Å². The minimum Gasteiger partial charge on any atom is -0.466 e. The molecule has 0 amide bonds. The van der Waals surface area contributed by atoms with Crippen molar-refractivity contribution in [1.82, 2.24) is 5.32 Å². The van der Waals surface area contributed by atoms with E-state index < -0.39 is 17.8 Å². The van der Waals surface area contributed by atoms with Gasteiger partial charge in [-0.2, -0.15) is 0 Å². The van der Waals surface area contributed by atoms with Crippen LogP contribution in [0.25, 0.3) is 0 Å². The van der Waals surface area contributed by atoms with Gasteiger partial charge in [0, 0.05) is 18.0 Å². The zero-order chi connectivity index (χ0) is 18.6. The van der Waals surface area contributed by atoms with E-state index in [1.165, 1.54) is 12.1 Å². The van der Waals surface area contributed by atoms with E-state index in [0.29, 0.717) is 0 Å². The summed E-state index contributed by atoms with van der Waals surface area (Å²) in [5.74, 6) is -2.65. The van der Waals surface area contributed by atoms with Crippen LogP contribution in [0.3, 0.4) is 0 Å². The van der Waals surface area contributed by atoms with Crippen molar-refractivity contribution in [3.63, 3.8) is 0 Å². The highest BCUT2D eigenvalue weighted by molar-refractivity contribution is 5.80. The topological polar surface area (TPSA) is 64.6 Å². The van der Waals surface area contributed by atoms with Gasteiger partial charge in [-0.25, -0.2) is 4.39 Å². The normalized spacial score (nSPS) is 29.1. The zero-order valence-electron chi connectivity index (χ0n) is 15.1. The molecule has 1 aromatic carbocycles. The molecule has 2 rings (SSSR count). The summed E-state index contributed by atoms with van der Waals surface area (Å²) in [5, 5.41) is 3.29. The molecule has 1 fully saturated rings. The number of halogens is 1. The van der Waals surface area contributed by atoms with E-state index in [1.54, 1.807) is 26.0 Å². The molecular formula is C19H26FNO4. The summed E-state index contributed by atoms with van der Waals surface area (Å²) >= 11 is 0. The number of piperidine rings is 1. The number of nitrogens with one attached hydrogen (secondary N) is 1. The molecule has 0 saturated carbocycles. The van der Waals surface area contributed by atoms with Gasteiger partial charge < -0.3 is 14.8 Å². The van der Waals surface area contributed by atoms with Crippen LogP contribution in [0, 0.1) is 17.7 Å². The molecule has 0 spiro atoms. The number of carbonyl (C=O) groups is 2. The lowest BCUT2D eigenvalue weighted by Gasteiger charge is -2.44. The molecule has 1 N–H and O–H groups in total. The standard InChI is InChI=1S/C19H26FNO4/c1-5-24-18(22)15-11(3)21-12(4)16(19(23)25-6-2)17(15)13-7-9-14(20)10-8-13/h7-12,15-17,21H,5-6H2,1-4H3/t11-,12+,15-,16+,17?. The highest BCUT2D eigenvalue weighted by Crippen LogP contribution is 2.41. The van der Waals surface area contributed by atoms with Crippen LogP contribution >= 0.6 is 0 Å². The Hall–Kier alpha value is -1.95. The Bertz CT molecular complexity index is 574. The van der Waals surface area contributed by atoms with Crippen LogP contribution in [0.1, 0.15) is 39.2 Å². The molecule has 0 aromatic heterocycles. The SMILES string of the molecule is CCOC(=O)[C@@H]1C(c2ccc(F)cc2)[C@H](C(=O)OCC)[C@@H](C)N[C@H]1C. The van der Waals surface area contributed by atoms with Crippen molar-refractivity contribution < 1.29 is 23.5 Å². The third-order valence-electron chi connectivity index (χ3n) is 4.75. The average Bonchev–Trinajstić information content (AvgIpc) is 2.55. The van der Waals surface area contributed by atoms with Crippen molar-refractivity contribution >= 4 is 11.9 Å². The maximum Gasteiger partial charge on any atom is 0.311 e. The largest absolute Gasteiger partial charge is 0.466 e. The Labute approximate surface area is 147 Å². The van der Waals surface area contributed by atoms with E-state index in [0.717, 1.165) is 5.56 Å². The van der Waals surface area contributed by atoms with Gasteiger partial charge in [0.15, 0.2) is 0 Å². The minimum absolute atomic E-state index is 0.185. The monoisotopic (exact) mass is 351 g/mol.